The molecule has 0 N–H and O–H groups in total. The summed E-state index contributed by atoms with van der Waals surface area (Å²) in [6, 6.07) is 31.6. The van der Waals surface area contributed by atoms with Gasteiger partial charge in [0.2, 0.25) is 0 Å². The summed E-state index contributed by atoms with van der Waals surface area (Å²) in [5.74, 6) is 0. The minimum atomic E-state index is -0.00849. The van der Waals surface area contributed by atoms with Gasteiger partial charge < -0.3 is 0 Å². The maximum Gasteiger partial charge on any atom is 0.181 e. The number of rotatable bonds is 0. The molecule has 0 heterocycles. The lowest BCUT2D eigenvalue weighted by Gasteiger charge is -1.79. The van der Waals surface area contributed by atoms with E-state index in [0.29, 0.717) is 5.56 Å². The Morgan fingerprint density at radius 3 is 1.61 bits per heavy atom. The molecular weight excluding hydrogens is 280 g/mol. The molecular formula is C22H20O. The van der Waals surface area contributed by atoms with Gasteiger partial charge in [-0.05, 0) is 55.7 Å². The van der Waals surface area contributed by atoms with Gasteiger partial charge in [0, 0.05) is 0 Å². The third-order valence-corrected chi connectivity index (χ3v) is 2.81. The normalized spacial score (nSPS) is 8.13. The van der Waals surface area contributed by atoms with Gasteiger partial charge in [-0.25, -0.2) is 0 Å². The molecule has 0 unspecified atom stereocenters. The number of hydrogen-bond acceptors (Lipinski definition) is 1. The Morgan fingerprint density at radius 1 is 0.609 bits per heavy atom. The largest absolute Gasteiger partial charge is 0.290 e. The molecule has 0 saturated heterocycles. The molecule has 1 aromatic rings. The highest BCUT2D eigenvalue weighted by Crippen LogP contribution is 1.86. The molecule has 1 nitrogen and oxygen atoms in total. The van der Waals surface area contributed by atoms with E-state index in [-0.39, 0.29) is 5.43 Å². The van der Waals surface area contributed by atoms with Crippen molar-refractivity contribution in [2.45, 2.75) is 20.8 Å². The van der Waals surface area contributed by atoms with Crippen LogP contribution < -0.4 is 5.43 Å². The molecule has 0 amide bonds. The first-order chi connectivity index (χ1) is 11.1. The first-order valence-corrected chi connectivity index (χ1v) is 7.36. The van der Waals surface area contributed by atoms with Crippen molar-refractivity contribution in [1.29, 1.82) is 0 Å². The van der Waals surface area contributed by atoms with Gasteiger partial charge in [0.05, 0.1) is 0 Å². The Balaban J connectivity index is 3.42. The van der Waals surface area contributed by atoms with Crippen molar-refractivity contribution in [3.8, 4) is 0 Å². The Labute approximate surface area is 139 Å². The average Bonchev–Trinajstić information content (AvgIpc) is 2.53. The molecule has 0 aliphatic rings. The van der Waals surface area contributed by atoms with Gasteiger partial charge in [0.15, 0.2) is 5.43 Å². The Bertz CT molecular complexity index is 747. The molecule has 0 aliphatic heterocycles. The van der Waals surface area contributed by atoms with Gasteiger partial charge in [-0.3, -0.25) is 4.79 Å². The van der Waals surface area contributed by atoms with Crippen molar-refractivity contribution in [2.24, 2.45) is 0 Å². The Hall–Kier alpha value is -3.03. The SMILES string of the molecule is Cc1c#cc#cc(C)cccccc(=O)c(C)cccccc1. The summed E-state index contributed by atoms with van der Waals surface area (Å²) < 4.78 is 0. The molecule has 1 rings (SSSR count). The lowest BCUT2D eigenvalue weighted by atomic mass is 10.3. The Kier molecular flexibility index (Phi) is 8.35. The summed E-state index contributed by atoms with van der Waals surface area (Å²) in [6.07, 6.45) is 0. The zero-order valence-electron chi connectivity index (χ0n) is 13.8. The highest BCUT2D eigenvalue weighted by molar-refractivity contribution is 5.10. The van der Waals surface area contributed by atoms with Crippen LogP contribution in [0.2, 0.25) is 0 Å². The quantitative estimate of drug-likeness (QED) is 0.687. The molecule has 0 spiro atoms. The third-order valence-electron chi connectivity index (χ3n) is 2.81. The van der Waals surface area contributed by atoms with E-state index in [2.05, 4.69) is 24.3 Å². The van der Waals surface area contributed by atoms with Crippen molar-refractivity contribution >= 4 is 0 Å². The van der Waals surface area contributed by atoms with Gasteiger partial charge in [0.25, 0.3) is 0 Å². The lowest BCUT2D eigenvalue weighted by molar-refractivity contribution is 1.42. The van der Waals surface area contributed by atoms with E-state index in [0.717, 1.165) is 11.1 Å². The summed E-state index contributed by atoms with van der Waals surface area (Å²) >= 11 is 0. The van der Waals surface area contributed by atoms with Crippen LogP contribution in [0.5, 0.6) is 0 Å². The van der Waals surface area contributed by atoms with E-state index in [9.17, 15) is 4.79 Å². The molecule has 1 heteroatoms. The van der Waals surface area contributed by atoms with Crippen LogP contribution in [0.1, 0.15) is 16.7 Å². The van der Waals surface area contributed by atoms with E-state index in [4.69, 9.17) is 0 Å². The second kappa shape index (κ2) is 10.7. The second-order valence-electron chi connectivity index (χ2n) is 4.93. The molecule has 0 fully saturated rings. The van der Waals surface area contributed by atoms with Crippen molar-refractivity contribution < 1.29 is 0 Å². The minimum absolute atomic E-state index is 0.00849. The fourth-order valence-corrected chi connectivity index (χ4v) is 1.49. The topological polar surface area (TPSA) is 17.1 Å². The van der Waals surface area contributed by atoms with Gasteiger partial charge >= 0.3 is 0 Å². The molecule has 1 aromatic carbocycles. The van der Waals surface area contributed by atoms with Crippen LogP contribution in [0, 0.1) is 45.0 Å². The summed E-state index contributed by atoms with van der Waals surface area (Å²) in [5, 5.41) is 0. The molecule has 0 bridgehead atoms. The molecule has 0 radical (unpaired) electrons. The van der Waals surface area contributed by atoms with Crippen LogP contribution in [0.15, 0.2) is 71.5 Å². The molecule has 0 aromatic heterocycles. The van der Waals surface area contributed by atoms with Gasteiger partial charge in [-0.1, -0.05) is 72.8 Å². The minimum Gasteiger partial charge on any atom is -0.290 e. The highest BCUT2D eigenvalue weighted by Gasteiger charge is 1.81. The van der Waals surface area contributed by atoms with Gasteiger partial charge in [-0.15, -0.1) is 0 Å². The van der Waals surface area contributed by atoms with Crippen LogP contribution >= 0.6 is 0 Å². The average molecular weight is 300 g/mol. The standard InChI is InChI=1S/C22H20O/c1-19-13-7-4-5-9-17-21(3)22(23)18-10-6-8-14-20(2)16-12-11-15-19/h4-10,13-14,17-18H,1-3H3. The van der Waals surface area contributed by atoms with E-state index < -0.39 is 0 Å². The second-order valence-corrected chi connectivity index (χ2v) is 4.93. The summed E-state index contributed by atoms with van der Waals surface area (Å²) in [4.78, 5) is 11.9. The molecule has 23 heavy (non-hydrogen) atoms. The maximum absolute atomic E-state index is 11.9. The molecule has 114 valence electrons. The van der Waals surface area contributed by atoms with Crippen LogP contribution in [-0.2, 0) is 0 Å². The Morgan fingerprint density at radius 2 is 1.04 bits per heavy atom. The van der Waals surface area contributed by atoms with Crippen molar-refractivity contribution in [3.63, 3.8) is 0 Å². The van der Waals surface area contributed by atoms with E-state index in [1.54, 1.807) is 25.1 Å². The van der Waals surface area contributed by atoms with Crippen molar-refractivity contribution in [1.82, 2.24) is 0 Å². The van der Waals surface area contributed by atoms with Gasteiger partial charge in [0.1, 0.15) is 0 Å². The first-order valence-electron chi connectivity index (χ1n) is 7.36. The van der Waals surface area contributed by atoms with Crippen LogP contribution in [0.4, 0.5) is 0 Å². The monoisotopic (exact) mass is 300 g/mol. The number of aryl methyl sites for hydroxylation is 3. The van der Waals surface area contributed by atoms with Crippen LogP contribution in [-0.4, -0.2) is 0 Å². The number of hydrogen-bond donors (Lipinski definition) is 0. The highest BCUT2D eigenvalue weighted by atomic mass is 16.1. The van der Waals surface area contributed by atoms with E-state index in [1.165, 1.54) is 0 Å². The zero-order chi connectivity index (χ0) is 16.9. The smallest absolute Gasteiger partial charge is 0.181 e. The maximum atomic E-state index is 11.9. The summed E-state index contributed by atoms with van der Waals surface area (Å²) in [6.45, 7) is 5.65. The molecule has 0 atom stereocenters. The molecule has 0 saturated carbocycles. The van der Waals surface area contributed by atoms with Crippen LogP contribution in [0.3, 0.4) is 0 Å². The fraction of sp³-hybridized carbons (Fsp3) is 0.136. The zero-order valence-corrected chi connectivity index (χ0v) is 13.8. The van der Waals surface area contributed by atoms with Crippen molar-refractivity contribution in [3.05, 3.63) is 118 Å². The lowest BCUT2D eigenvalue weighted by Crippen LogP contribution is -1.97. The van der Waals surface area contributed by atoms with E-state index in [1.807, 2.05) is 62.4 Å². The van der Waals surface area contributed by atoms with Crippen molar-refractivity contribution in [2.75, 3.05) is 0 Å². The van der Waals surface area contributed by atoms with E-state index >= 15 is 0 Å². The predicted molar refractivity (Wildman–Crippen MR) is 95.2 cm³/mol. The van der Waals surface area contributed by atoms with Crippen LogP contribution in [0.25, 0.3) is 0 Å². The van der Waals surface area contributed by atoms with Gasteiger partial charge in [-0.2, -0.15) is 0 Å². The first kappa shape index (κ1) is 18.0. The summed E-state index contributed by atoms with van der Waals surface area (Å²) in [5.41, 5.74) is 2.53. The molecule has 0 aliphatic carbocycles. The predicted octanol–water partition coefficient (Wildman–Crippen LogP) is 4.55. The third kappa shape index (κ3) is 8.76. The fourth-order valence-electron chi connectivity index (χ4n) is 1.49. The summed E-state index contributed by atoms with van der Waals surface area (Å²) in [7, 11) is 0.